The van der Waals surface area contributed by atoms with Crippen molar-refractivity contribution in [3.05, 3.63) is 0 Å². The summed E-state index contributed by atoms with van der Waals surface area (Å²) in [6.45, 7) is 0. The molecule has 2 saturated carbocycles. The van der Waals surface area contributed by atoms with Gasteiger partial charge in [-0.2, -0.15) is 0 Å². The van der Waals surface area contributed by atoms with Gasteiger partial charge in [0.15, 0.2) is 0 Å². The second kappa shape index (κ2) is 10.1. The summed E-state index contributed by atoms with van der Waals surface area (Å²) in [5, 5.41) is 1.13. The van der Waals surface area contributed by atoms with E-state index in [2.05, 4.69) is 10.3 Å². The fourth-order valence-corrected chi connectivity index (χ4v) is 1.21. The van der Waals surface area contributed by atoms with E-state index in [1.165, 1.54) is 12.2 Å². The summed E-state index contributed by atoms with van der Waals surface area (Å²) >= 11 is 5.04. The lowest BCUT2D eigenvalue weighted by molar-refractivity contribution is -0.170. The zero-order valence-electron chi connectivity index (χ0n) is 11.9. The Bertz CT molecular complexity index is 279. The molecule has 0 radical (unpaired) electrons. The summed E-state index contributed by atoms with van der Waals surface area (Å²) in [4.78, 5) is 29.9. The van der Waals surface area contributed by atoms with Crippen molar-refractivity contribution >= 4 is 22.8 Å². The fourth-order valence-electron chi connectivity index (χ4n) is 0.988. The van der Waals surface area contributed by atoms with E-state index in [4.69, 9.17) is 16.4 Å². The second-order valence-electron chi connectivity index (χ2n) is 4.28. The predicted octanol–water partition coefficient (Wildman–Crippen LogP) is 1.35. The molecule has 6 nitrogen and oxygen atoms in total. The minimum atomic E-state index is -0.157. The van der Waals surface area contributed by atoms with Crippen LogP contribution in [-0.2, 0) is 19.3 Å². The molecule has 1 N–H and O–H groups in total. The van der Waals surface area contributed by atoms with Gasteiger partial charge in [0.2, 0.25) is 11.1 Å². The van der Waals surface area contributed by atoms with Crippen molar-refractivity contribution in [2.24, 2.45) is 11.8 Å². The number of nitrogens with zero attached hydrogens (tertiary/aromatic N) is 1. The minimum Gasteiger partial charge on any atom is -0.305 e. The van der Waals surface area contributed by atoms with Crippen LogP contribution in [0, 0.1) is 11.8 Å². The van der Waals surface area contributed by atoms with Gasteiger partial charge < -0.3 is 4.84 Å². The number of hydrogen-bond donors (Lipinski definition) is 1. The van der Waals surface area contributed by atoms with E-state index in [-0.39, 0.29) is 23.0 Å². The SMILES string of the molecule is CNOC.CON(C)C(=O)C1CC1.O=C(Cl)C1CC1. The second-order valence-corrected chi connectivity index (χ2v) is 4.65. The van der Waals surface area contributed by atoms with E-state index >= 15 is 0 Å². The highest BCUT2D eigenvalue weighted by Gasteiger charge is 2.32. The molecule has 0 aliphatic heterocycles. The number of amides is 1. The van der Waals surface area contributed by atoms with Gasteiger partial charge in [-0.25, -0.2) is 10.5 Å². The van der Waals surface area contributed by atoms with Crippen LogP contribution in [0.2, 0.25) is 0 Å². The lowest BCUT2D eigenvalue weighted by Crippen LogP contribution is -2.26. The number of halogens is 1. The Morgan fingerprint density at radius 3 is 1.74 bits per heavy atom. The Kier molecular flexibility index (Phi) is 9.77. The third kappa shape index (κ3) is 9.84. The molecular weight excluding hydrogens is 272 g/mol. The van der Waals surface area contributed by atoms with Crippen LogP contribution in [0.3, 0.4) is 0 Å². The van der Waals surface area contributed by atoms with Crippen molar-refractivity contribution in [2.45, 2.75) is 25.7 Å². The van der Waals surface area contributed by atoms with E-state index in [1.54, 1.807) is 21.2 Å². The molecule has 0 bridgehead atoms. The van der Waals surface area contributed by atoms with Gasteiger partial charge in [0.25, 0.3) is 0 Å². The van der Waals surface area contributed by atoms with Gasteiger partial charge in [-0.15, -0.1) is 0 Å². The number of hydroxylamine groups is 3. The monoisotopic (exact) mass is 294 g/mol. The molecule has 2 aliphatic carbocycles. The number of rotatable bonds is 4. The van der Waals surface area contributed by atoms with Gasteiger partial charge >= 0.3 is 0 Å². The van der Waals surface area contributed by atoms with Crippen LogP contribution in [0.15, 0.2) is 0 Å². The number of carbonyl (C=O) groups is 2. The van der Waals surface area contributed by atoms with Gasteiger partial charge in [0.05, 0.1) is 14.2 Å². The van der Waals surface area contributed by atoms with Crippen LogP contribution in [0.5, 0.6) is 0 Å². The lowest BCUT2D eigenvalue weighted by atomic mass is 10.4. The number of hydrogen-bond acceptors (Lipinski definition) is 5. The van der Waals surface area contributed by atoms with Crippen molar-refractivity contribution in [2.75, 3.05) is 28.3 Å². The summed E-state index contributed by atoms with van der Waals surface area (Å²) in [5.74, 6) is 0.596. The smallest absolute Gasteiger partial charge is 0.248 e. The zero-order valence-corrected chi connectivity index (χ0v) is 12.7. The Hall–Kier alpha value is -0.690. The summed E-state index contributed by atoms with van der Waals surface area (Å²) in [7, 11) is 6.42. The molecule has 19 heavy (non-hydrogen) atoms. The maximum absolute atomic E-state index is 10.9. The highest BCUT2D eigenvalue weighted by molar-refractivity contribution is 6.64. The Morgan fingerprint density at radius 1 is 1.16 bits per heavy atom. The first-order chi connectivity index (χ1) is 8.97. The van der Waals surface area contributed by atoms with E-state index in [0.717, 1.165) is 25.7 Å². The average molecular weight is 295 g/mol. The van der Waals surface area contributed by atoms with Crippen molar-refractivity contribution < 1.29 is 19.3 Å². The van der Waals surface area contributed by atoms with Crippen molar-refractivity contribution in [3.8, 4) is 0 Å². The first-order valence-electron chi connectivity index (χ1n) is 6.18. The van der Waals surface area contributed by atoms with Gasteiger partial charge in [0.1, 0.15) is 0 Å². The molecule has 0 heterocycles. The summed E-state index contributed by atoms with van der Waals surface area (Å²) in [6, 6.07) is 0. The van der Waals surface area contributed by atoms with Gasteiger partial charge in [-0.05, 0) is 37.3 Å². The number of nitrogens with one attached hydrogen (secondary N) is 1. The maximum Gasteiger partial charge on any atom is 0.248 e. The Labute approximate surface area is 119 Å². The molecule has 0 atom stereocenters. The molecule has 1 amide bonds. The van der Waals surface area contributed by atoms with Crippen LogP contribution in [0.25, 0.3) is 0 Å². The van der Waals surface area contributed by atoms with Crippen LogP contribution >= 0.6 is 11.6 Å². The maximum atomic E-state index is 10.9. The molecule has 0 spiro atoms. The summed E-state index contributed by atoms with van der Waals surface area (Å²) in [5.41, 5.74) is 2.43. The topological polar surface area (TPSA) is 67.9 Å². The van der Waals surface area contributed by atoms with E-state index in [9.17, 15) is 9.59 Å². The van der Waals surface area contributed by atoms with E-state index in [1.807, 2.05) is 0 Å². The molecule has 2 fully saturated rings. The van der Waals surface area contributed by atoms with E-state index < -0.39 is 0 Å². The normalized spacial score (nSPS) is 16.5. The predicted molar refractivity (Wildman–Crippen MR) is 72.2 cm³/mol. The molecule has 0 unspecified atom stereocenters. The minimum absolute atomic E-state index is 0.109. The Balaban J connectivity index is 0.000000281. The quantitative estimate of drug-likeness (QED) is 0.626. The number of carbonyl (C=O) groups excluding carboxylic acids is 2. The molecule has 2 rings (SSSR count). The fraction of sp³-hybridized carbons (Fsp3) is 0.833. The molecule has 112 valence electrons. The third-order valence-corrected chi connectivity index (χ3v) is 2.92. The summed E-state index contributed by atoms with van der Waals surface area (Å²) in [6.07, 6.45) is 4.10. The third-order valence-electron chi connectivity index (χ3n) is 2.61. The van der Waals surface area contributed by atoms with Crippen molar-refractivity contribution in [3.63, 3.8) is 0 Å². The van der Waals surface area contributed by atoms with Crippen molar-refractivity contribution in [1.82, 2.24) is 10.5 Å². The molecule has 0 aromatic heterocycles. The molecule has 0 saturated heterocycles. The van der Waals surface area contributed by atoms with Crippen LogP contribution in [0.4, 0.5) is 0 Å². The first-order valence-corrected chi connectivity index (χ1v) is 6.56. The molecular formula is C12H23ClN2O4. The van der Waals surface area contributed by atoms with Gasteiger partial charge in [-0.1, -0.05) is 0 Å². The van der Waals surface area contributed by atoms with Gasteiger partial charge in [-0.3, -0.25) is 14.4 Å². The molecule has 2 aliphatic rings. The van der Waals surface area contributed by atoms with Crippen LogP contribution < -0.4 is 5.48 Å². The van der Waals surface area contributed by atoms with Crippen molar-refractivity contribution in [1.29, 1.82) is 0 Å². The van der Waals surface area contributed by atoms with E-state index in [0.29, 0.717) is 0 Å². The van der Waals surface area contributed by atoms with Gasteiger partial charge in [0, 0.05) is 25.9 Å². The standard InChI is InChI=1S/C6H11NO2.C4H5ClO.C2H7NO/c1-7(9-2)6(8)5-3-4-5;5-4(6)3-1-2-3;1-3-4-2/h5H,3-4H2,1-2H3;3H,1-2H2;3H,1-2H3. The lowest BCUT2D eigenvalue weighted by Gasteiger charge is -2.11. The highest BCUT2D eigenvalue weighted by atomic mass is 35.5. The average Bonchev–Trinajstić information content (AvgIpc) is 3.28. The largest absolute Gasteiger partial charge is 0.305 e. The zero-order chi connectivity index (χ0) is 14.8. The van der Waals surface area contributed by atoms with Crippen LogP contribution in [-0.4, -0.2) is 44.5 Å². The first kappa shape index (κ1) is 18.3. The van der Waals surface area contributed by atoms with Crippen LogP contribution in [0.1, 0.15) is 25.7 Å². The molecule has 0 aromatic carbocycles. The molecule has 7 heteroatoms. The highest BCUT2D eigenvalue weighted by Crippen LogP contribution is 2.31. The molecule has 0 aromatic rings. The Morgan fingerprint density at radius 2 is 1.58 bits per heavy atom. The summed E-state index contributed by atoms with van der Waals surface area (Å²) < 4.78 is 0.